The summed E-state index contributed by atoms with van der Waals surface area (Å²) in [5.74, 6) is 0.976. The summed E-state index contributed by atoms with van der Waals surface area (Å²) in [5.41, 5.74) is 0. The van der Waals surface area contributed by atoms with Crippen LogP contribution in [0.1, 0.15) is 161 Å². The molecule has 0 nitrogen and oxygen atoms in total. The molecule has 0 heteroatoms. The van der Waals surface area contributed by atoms with Crippen molar-refractivity contribution in [1.29, 1.82) is 0 Å². The molecule has 0 bridgehead atoms. The first-order chi connectivity index (χ1) is 15.8. The lowest BCUT2D eigenvalue weighted by Crippen LogP contribution is -2.01. The fourth-order valence-corrected chi connectivity index (χ4v) is 4.90. The third kappa shape index (κ3) is 25.5. The monoisotopic (exact) mass is 444 g/mol. The smallest absolute Gasteiger partial charge is 0.0353 e. The zero-order chi connectivity index (χ0) is 23.4. The van der Waals surface area contributed by atoms with E-state index in [1.165, 1.54) is 161 Å². The van der Waals surface area contributed by atoms with Crippen LogP contribution in [0.15, 0.2) is 38.0 Å². The van der Waals surface area contributed by atoms with Gasteiger partial charge in [0.05, 0.1) is 0 Å². The van der Waals surface area contributed by atoms with E-state index in [1.54, 1.807) is 0 Å². The number of hydrogen-bond acceptors (Lipinski definition) is 0. The summed E-state index contributed by atoms with van der Waals surface area (Å²) >= 11 is 0. The maximum absolute atomic E-state index is 3.91. The lowest BCUT2D eigenvalue weighted by atomic mass is 9.90. The van der Waals surface area contributed by atoms with Crippen LogP contribution < -0.4 is 0 Å². The van der Waals surface area contributed by atoms with Crippen LogP contribution in [0.3, 0.4) is 0 Å². The lowest BCUT2D eigenvalue weighted by Gasteiger charge is -2.16. The highest BCUT2D eigenvalue weighted by Crippen LogP contribution is 2.24. The highest BCUT2D eigenvalue weighted by atomic mass is 14.1. The Morgan fingerprint density at radius 3 is 0.906 bits per heavy atom. The second-order valence-corrected chi connectivity index (χ2v) is 10.2. The summed E-state index contributed by atoms with van der Waals surface area (Å²) in [4.78, 5) is 0. The van der Waals surface area contributed by atoms with Gasteiger partial charge in [0.2, 0.25) is 0 Å². The van der Waals surface area contributed by atoms with Gasteiger partial charge in [-0.1, -0.05) is 140 Å². The highest BCUT2D eigenvalue weighted by molar-refractivity contribution is 4.69. The minimum Gasteiger partial charge on any atom is -0.103 e. The molecule has 0 aliphatic heterocycles. The Bertz CT molecular complexity index is 379. The van der Waals surface area contributed by atoms with Crippen molar-refractivity contribution in [3.63, 3.8) is 0 Å². The van der Waals surface area contributed by atoms with Gasteiger partial charge < -0.3 is 0 Å². The maximum atomic E-state index is 3.91. The average Bonchev–Trinajstić information content (AvgIpc) is 2.80. The van der Waals surface area contributed by atoms with Gasteiger partial charge in [-0.15, -0.1) is 19.7 Å². The van der Waals surface area contributed by atoms with E-state index >= 15 is 0 Å². The van der Waals surface area contributed by atoms with Crippen LogP contribution in [0, 0.1) is 5.92 Å². The zero-order valence-corrected chi connectivity index (χ0v) is 22.1. The minimum atomic E-state index is 0.976. The molecule has 0 spiro atoms. The van der Waals surface area contributed by atoms with Gasteiger partial charge in [0.1, 0.15) is 0 Å². The third-order valence-electron chi connectivity index (χ3n) is 7.06. The Hall–Kier alpha value is -0.780. The molecule has 0 radical (unpaired) electrons. The van der Waals surface area contributed by atoms with Crippen molar-refractivity contribution in [2.24, 2.45) is 5.92 Å². The van der Waals surface area contributed by atoms with E-state index in [2.05, 4.69) is 38.0 Å². The van der Waals surface area contributed by atoms with Gasteiger partial charge in [0.25, 0.3) is 0 Å². The molecule has 0 aromatic carbocycles. The summed E-state index contributed by atoms with van der Waals surface area (Å²) in [6.07, 6.45) is 41.3. The van der Waals surface area contributed by atoms with Gasteiger partial charge in [-0.2, -0.15) is 0 Å². The lowest BCUT2D eigenvalue weighted by molar-refractivity contribution is 0.372. The minimum absolute atomic E-state index is 0.976. The molecule has 0 aromatic rings. The third-order valence-corrected chi connectivity index (χ3v) is 7.06. The summed E-state index contributed by atoms with van der Waals surface area (Å²) < 4.78 is 0. The standard InChI is InChI=1S/C32H60/c1-4-7-10-12-14-16-18-19-21-23-25-28-31-32(29-26-9-6-3)30-27-24-22-20-17-15-13-11-8-5-2/h4-6,32H,1-3,7-31H2. The van der Waals surface area contributed by atoms with Gasteiger partial charge in [-0.05, 0) is 44.4 Å². The molecule has 0 aliphatic rings. The van der Waals surface area contributed by atoms with E-state index in [9.17, 15) is 0 Å². The van der Waals surface area contributed by atoms with E-state index in [-0.39, 0.29) is 0 Å². The Labute approximate surface area is 204 Å². The van der Waals surface area contributed by atoms with Crippen LogP contribution in [-0.4, -0.2) is 0 Å². The topological polar surface area (TPSA) is 0 Å². The normalized spacial score (nSPS) is 12.0. The first-order valence-corrected chi connectivity index (χ1v) is 14.7. The fourth-order valence-electron chi connectivity index (χ4n) is 4.90. The summed E-state index contributed by atoms with van der Waals surface area (Å²) in [6.45, 7) is 11.5. The number of rotatable bonds is 28. The molecular weight excluding hydrogens is 384 g/mol. The molecule has 0 heterocycles. The van der Waals surface area contributed by atoms with Crippen LogP contribution in [-0.2, 0) is 0 Å². The first kappa shape index (κ1) is 31.2. The summed E-state index contributed by atoms with van der Waals surface area (Å²) in [7, 11) is 0. The van der Waals surface area contributed by atoms with Gasteiger partial charge in [0.15, 0.2) is 0 Å². The quantitative estimate of drug-likeness (QED) is 0.0831. The zero-order valence-electron chi connectivity index (χ0n) is 22.1. The number of hydrogen-bond donors (Lipinski definition) is 0. The van der Waals surface area contributed by atoms with Crippen molar-refractivity contribution in [2.45, 2.75) is 161 Å². The van der Waals surface area contributed by atoms with E-state index in [0.717, 1.165) is 5.92 Å². The van der Waals surface area contributed by atoms with Crippen molar-refractivity contribution in [2.75, 3.05) is 0 Å². The molecule has 0 aliphatic carbocycles. The number of unbranched alkanes of at least 4 members (excludes halogenated alkanes) is 19. The summed E-state index contributed by atoms with van der Waals surface area (Å²) in [5, 5.41) is 0. The SMILES string of the molecule is C=CCCCCCCCCCCCCC(CCCC=C)CCCCCCCCCCC=C. The number of allylic oxidation sites excluding steroid dienone is 3. The molecular formula is C32H60. The van der Waals surface area contributed by atoms with Crippen molar-refractivity contribution in [1.82, 2.24) is 0 Å². The first-order valence-electron chi connectivity index (χ1n) is 14.7. The molecule has 0 saturated carbocycles. The van der Waals surface area contributed by atoms with Gasteiger partial charge >= 0.3 is 0 Å². The van der Waals surface area contributed by atoms with Crippen molar-refractivity contribution < 1.29 is 0 Å². The van der Waals surface area contributed by atoms with Gasteiger partial charge in [0, 0.05) is 0 Å². The Morgan fingerprint density at radius 1 is 0.312 bits per heavy atom. The van der Waals surface area contributed by atoms with Crippen LogP contribution in [0.2, 0.25) is 0 Å². The second-order valence-electron chi connectivity index (χ2n) is 10.2. The van der Waals surface area contributed by atoms with Crippen molar-refractivity contribution in [3.05, 3.63) is 38.0 Å². The maximum Gasteiger partial charge on any atom is -0.0353 e. The molecule has 1 atom stereocenters. The van der Waals surface area contributed by atoms with Gasteiger partial charge in [-0.3, -0.25) is 0 Å². The molecule has 0 rings (SSSR count). The van der Waals surface area contributed by atoms with E-state index in [1.807, 2.05) is 0 Å². The molecule has 32 heavy (non-hydrogen) atoms. The average molecular weight is 445 g/mol. The van der Waals surface area contributed by atoms with E-state index in [4.69, 9.17) is 0 Å². The van der Waals surface area contributed by atoms with Crippen LogP contribution in [0.4, 0.5) is 0 Å². The Balaban J connectivity index is 3.61. The van der Waals surface area contributed by atoms with E-state index < -0.39 is 0 Å². The molecule has 0 amide bonds. The fraction of sp³-hybridized carbons (Fsp3) is 0.812. The molecule has 0 fully saturated rings. The molecule has 0 saturated heterocycles. The molecule has 1 unspecified atom stereocenters. The Morgan fingerprint density at radius 2 is 0.562 bits per heavy atom. The van der Waals surface area contributed by atoms with Crippen LogP contribution >= 0.6 is 0 Å². The van der Waals surface area contributed by atoms with E-state index in [0.29, 0.717) is 0 Å². The Kier molecular flexibility index (Phi) is 27.6. The second kappa shape index (κ2) is 28.3. The molecule has 0 aromatic heterocycles. The predicted molar refractivity (Wildman–Crippen MR) is 150 cm³/mol. The predicted octanol–water partition coefficient (Wildman–Crippen LogP) is 11.9. The molecule has 0 N–H and O–H groups in total. The highest BCUT2D eigenvalue weighted by Gasteiger charge is 2.08. The molecule has 188 valence electrons. The van der Waals surface area contributed by atoms with Gasteiger partial charge in [-0.25, -0.2) is 0 Å². The largest absolute Gasteiger partial charge is 0.103 e. The van der Waals surface area contributed by atoms with Crippen molar-refractivity contribution in [3.8, 4) is 0 Å². The van der Waals surface area contributed by atoms with Crippen LogP contribution in [0.25, 0.3) is 0 Å². The summed E-state index contributed by atoms with van der Waals surface area (Å²) in [6, 6.07) is 0. The van der Waals surface area contributed by atoms with Crippen molar-refractivity contribution >= 4 is 0 Å². The van der Waals surface area contributed by atoms with Crippen LogP contribution in [0.5, 0.6) is 0 Å².